The average Bonchev–Trinajstić information content (AvgIpc) is 2.94. The van der Waals surface area contributed by atoms with Crippen molar-refractivity contribution in [2.24, 2.45) is 0 Å². The van der Waals surface area contributed by atoms with Crippen LogP contribution in [0.4, 0.5) is 0 Å². The van der Waals surface area contributed by atoms with E-state index in [1.54, 1.807) is 12.1 Å². The Labute approximate surface area is 155 Å². The molecule has 0 amide bonds. The number of halogens is 2. The third-order valence-electron chi connectivity index (χ3n) is 4.58. The zero-order chi connectivity index (χ0) is 17.6. The first kappa shape index (κ1) is 17.0. The largest absolute Gasteiger partial charge is 0.454 e. The zero-order valence-electron chi connectivity index (χ0n) is 13.1. The summed E-state index contributed by atoms with van der Waals surface area (Å²) in [7, 11) is 1.67. The van der Waals surface area contributed by atoms with Crippen molar-refractivity contribution in [1.29, 1.82) is 0 Å². The Kier molecular flexibility index (Phi) is 4.32. The summed E-state index contributed by atoms with van der Waals surface area (Å²) in [4.78, 5) is 0.0865. The highest BCUT2D eigenvalue weighted by atomic mass is 35.7. The van der Waals surface area contributed by atoms with Crippen LogP contribution in [0.2, 0.25) is 5.02 Å². The summed E-state index contributed by atoms with van der Waals surface area (Å²) in [6.07, 6.45) is 0.787. The highest BCUT2D eigenvalue weighted by Crippen LogP contribution is 2.46. The quantitative estimate of drug-likeness (QED) is 0.784. The molecule has 2 aromatic carbocycles. The summed E-state index contributed by atoms with van der Waals surface area (Å²) in [5, 5.41) is 4.00. The highest BCUT2D eigenvalue weighted by molar-refractivity contribution is 8.13. The van der Waals surface area contributed by atoms with Crippen LogP contribution in [-0.4, -0.2) is 28.3 Å². The Balaban J connectivity index is 1.81. The normalized spacial score (nSPS) is 19.4. The van der Waals surface area contributed by atoms with E-state index in [1.165, 1.54) is 12.1 Å². The second-order valence-electron chi connectivity index (χ2n) is 6.01. The van der Waals surface area contributed by atoms with Gasteiger partial charge in [0.25, 0.3) is 9.05 Å². The Morgan fingerprint density at radius 3 is 2.64 bits per heavy atom. The maximum Gasteiger partial charge on any atom is 0.261 e. The van der Waals surface area contributed by atoms with Gasteiger partial charge >= 0.3 is 0 Å². The molecule has 4 rings (SSSR count). The fraction of sp³-hybridized carbons (Fsp3) is 0.294. The summed E-state index contributed by atoms with van der Waals surface area (Å²) in [5.41, 5.74) is 3.09. The van der Waals surface area contributed by atoms with E-state index >= 15 is 0 Å². The van der Waals surface area contributed by atoms with E-state index in [0.29, 0.717) is 16.5 Å². The molecule has 25 heavy (non-hydrogen) atoms. The van der Waals surface area contributed by atoms with Gasteiger partial charge in [-0.05, 0) is 47.9 Å². The molecule has 1 unspecified atom stereocenters. The Bertz CT molecular complexity index is 929. The third-order valence-corrected chi connectivity index (χ3v) is 6.35. The van der Waals surface area contributed by atoms with Gasteiger partial charge in [0.05, 0.1) is 9.92 Å². The summed E-state index contributed by atoms with van der Waals surface area (Å²) in [6.45, 7) is 1.69. The van der Waals surface area contributed by atoms with Crippen LogP contribution < -0.4 is 14.8 Å². The first-order valence-corrected chi connectivity index (χ1v) is 10.5. The molecule has 2 heterocycles. The predicted molar refractivity (Wildman–Crippen MR) is 95.5 cm³/mol. The van der Waals surface area contributed by atoms with E-state index < -0.39 is 9.05 Å². The molecular weight excluding hydrogens is 385 g/mol. The van der Waals surface area contributed by atoms with Crippen LogP contribution in [0.5, 0.6) is 11.5 Å². The van der Waals surface area contributed by atoms with Crippen LogP contribution in [0, 0.1) is 0 Å². The van der Waals surface area contributed by atoms with Crippen LogP contribution in [0.25, 0.3) is 0 Å². The second-order valence-corrected chi connectivity index (χ2v) is 8.95. The van der Waals surface area contributed by atoms with E-state index in [4.69, 9.17) is 31.8 Å². The van der Waals surface area contributed by atoms with E-state index in [2.05, 4.69) is 5.32 Å². The Morgan fingerprint density at radius 2 is 1.92 bits per heavy atom. The molecule has 8 heteroatoms. The number of ether oxygens (including phenoxy) is 2. The first-order chi connectivity index (χ1) is 11.9. The number of nitrogens with one attached hydrogen (secondary N) is 1. The Morgan fingerprint density at radius 1 is 1.16 bits per heavy atom. The first-order valence-electron chi connectivity index (χ1n) is 7.81. The predicted octanol–water partition coefficient (Wildman–Crippen LogP) is 3.27. The topological polar surface area (TPSA) is 64.6 Å². The van der Waals surface area contributed by atoms with Crippen molar-refractivity contribution in [3.8, 4) is 11.5 Å². The lowest BCUT2D eigenvalue weighted by atomic mass is 9.87. The minimum atomic E-state index is -3.73. The van der Waals surface area contributed by atoms with Crippen molar-refractivity contribution in [3.05, 3.63) is 52.0 Å². The van der Waals surface area contributed by atoms with Crippen molar-refractivity contribution in [2.45, 2.75) is 17.2 Å². The van der Waals surface area contributed by atoms with Gasteiger partial charge < -0.3 is 14.8 Å². The van der Waals surface area contributed by atoms with Gasteiger partial charge in [0.15, 0.2) is 11.5 Å². The van der Waals surface area contributed by atoms with Gasteiger partial charge in [-0.25, -0.2) is 8.42 Å². The van der Waals surface area contributed by atoms with Crippen LogP contribution in [0.3, 0.4) is 0 Å². The summed E-state index contributed by atoms with van der Waals surface area (Å²) < 4.78 is 33.9. The van der Waals surface area contributed by atoms with E-state index in [0.717, 1.165) is 36.2 Å². The SMILES string of the molecule is O=S(=O)(Cl)c1ccc(C2CNCCc3c2cc2c(c3Cl)OCO2)cc1. The molecule has 1 atom stereocenters. The lowest BCUT2D eigenvalue weighted by molar-refractivity contribution is 0.174. The van der Waals surface area contributed by atoms with Crippen molar-refractivity contribution in [2.75, 3.05) is 19.9 Å². The van der Waals surface area contributed by atoms with Crippen molar-refractivity contribution in [1.82, 2.24) is 5.32 Å². The molecule has 2 aliphatic rings. The summed E-state index contributed by atoms with van der Waals surface area (Å²) in [6, 6.07) is 8.60. The van der Waals surface area contributed by atoms with Gasteiger partial charge in [0.1, 0.15) is 0 Å². The van der Waals surface area contributed by atoms with E-state index in [-0.39, 0.29) is 17.6 Å². The summed E-state index contributed by atoms with van der Waals surface area (Å²) in [5.74, 6) is 1.27. The average molecular weight is 400 g/mol. The maximum atomic E-state index is 11.5. The molecule has 5 nitrogen and oxygen atoms in total. The molecule has 0 radical (unpaired) electrons. The fourth-order valence-corrected chi connectivity index (χ4v) is 4.48. The Hall–Kier alpha value is -1.47. The van der Waals surface area contributed by atoms with E-state index in [1.807, 2.05) is 6.07 Å². The number of hydrogen-bond donors (Lipinski definition) is 1. The lowest BCUT2D eigenvalue weighted by Crippen LogP contribution is -2.20. The molecule has 132 valence electrons. The van der Waals surface area contributed by atoms with Crippen LogP contribution in [-0.2, 0) is 15.5 Å². The lowest BCUT2D eigenvalue weighted by Gasteiger charge is -2.20. The van der Waals surface area contributed by atoms with Gasteiger partial charge in [0, 0.05) is 23.1 Å². The molecule has 0 bridgehead atoms. The van der Waals surface area contributed by atoms with Crippen LogP contribution >= 0.6 is 22.3 Å². The molecule has 2 aliphatic heterocycles. The molecule has 0 spiro atoms. The summed E-state index contributed by atoms with van der Waals surface area (Å²) >= 11 is 6.55. The van der Waals surface area contributed by atoms with Gasteiger partial charge in [-0.3, -0.25) is 0 Å². The molecule has 2 aromatic rings. The van der Waals surface area contributed by atoms with Crippen molar-refractivity contribution >= 4 is 31.3 Å². The molecule has 0 saturated heterocycles. The molecule has 0 aromatic heterocycles. The molecule has 1 N–H and O–H groups in total. The molecule has 0 saturated carbocycles. The number of rotatable bonds is 2. The highest BCUT2D eigenvalue weighted by Gasteiger charge is 2.29. The number of fused-ring (bicyclic) bond motifs is 2. The molecular formula is C17H15Cl2NO4S. The molecule has 0 fully saturated rings. The van der Waals surface area contributed by atoms with Crippen LogP contribution in [0.15, 0.2) is 35.2 Å². The van der Waals surface area contributed by atoms with Gasteiger partial charge in [-0.2, -0.15) is 0 Å². The van der Waals surface area contributed by atoms with Crippen molar-refractivity contribution in [3.63, 3.8) is 0 Å². The minimum absolute atomic E-state index is 0.0246. The second kappa shape index (κ2) is 6.36. The third kappa shape index (κ3) is 3.08. The maximum absolute atomic E-state index is 11.5. The van der Waals surface area contributed by atoms with Gasteiger partial charge in [-0.1, -0.05) is 23.7 Å². The van der Waals surface area contributed by atoms with Gasteiger partial charge in [0.2, 0.25) is 6.79 Å². The monoisotopic (exact) mass is 399 g/mol. The van der Waals surface area contributed by atoms with Crippen LogP contribution in [0.1, 0.15) is 22.6 Å². The van der Waals surface area contributed by atoms with Gasteiger partial charge in [-0.15, -0.1) is 0 Å². The van der Waals surface area contributed by atoms with Crippen molar-refractivity contribution < 1.29 is 17.9 Å². The standard InChI is InChI=1S/C17H15Cl2NO4S/c18-16-12-5-6-20-8-14(13(12)7-15-17(16)24-9-23-15)10-1-3-11(4-2-10)25(19,21)22/h1-4,7,14,20H,5-6,8-9H2. The number of benzene rings is 2. The smallest absolute Gasteiger partial charge is 0.261 e. The van der Waals surface area contributed by atoms with E-state index in [9.17, 15) is 8.42 Å². The molecule has 0 aliphatic carbocycles. The zero-order valence-corrected chi connectivity index (χ0v) is 15.4. The minimum Gasteiger partial charge on any atom is -0.454 e. The fourth-order valence-electron chi connectivity index (χ4n) is 3.35. The number of hydrogen-bond acceptors (Lipinski definition) is 5.